The van der Waals surface area contributed by atoms with Gasteiger partial charge in [0, 0.05) is 13.2 Å². The molecule has 0 radical (unpaired) electrons. The monoisotopic (exact) mass is 292 g/mol. The maximum absolute atomic E-state index is 12.3. The van der Waals surface area contributed by atoms with Crippen molar-refractivity contribution in [3.05, 3.63) is 35.9 Å². The predicted molar refractivity (Wildman–Crippen MR) is 82.6 cm³/mol. The molecule has 1 fully saturated rings. The Hall–Kier alpha value is -1.46. The molecular formula is C15H20N2O2S. The van der Waals surface area contributed by atoms with E-state index in [-0.39, 0.29) is 17.0 Å². The van der Waals surface area contributed by atoms with Gasteiger partial charge in [0.15, 0.2) is 0 Å². The highest BCUT2D eigenvalue weighted by atomic mass is 32.1. The number of rotatable bonds is 5. The van der Waals surface area contributed by atoms with E-state index in [9.17, 15) is 4.79 Å². The molecule has 2 unspecified atom stereocenters. The van der Waals surface area contributed by atoms with Crippen LogP contribution in [0.2, 0.25) is 0 Å². The summed E-state index contributed by atoms with van der Waals surface area (Å²) in [6.07, 6.45) is 3.35. The van der Waals surface area contributed by atoms with Crippen molar-refractivity contribution in [2.24, 2.45) is 5.73 Å². The molecule has 1 saturated heterocycles. The van der Waals surface area contributed by atoms with Crippen LogP contribution in [0.25, 0.3) is 0 Å². The van der Waals surface area contributed by atoms with Gasteiger partial charge in [-0.3, -0.25) is 4.79 Å². The number of nitrogens with two attached hydrogens (primary N) is 1. The molecule has 1 amide bonds. The highest BCUT2D eigenvalue weighted by molar-refractivity contribution is 7.80. The van der Waals surface area contributed by atoms with Gasteiger partial charge in [0.25, 0.3) is 0 Å². The van der Waals surface area contributed by atoms with Crippen LogP contribution in [0, 0.1) is 0 Å². The summed E-state index contributed by atoms with van der Waals surface area (Å²) < 4.78 is 5.60. The van der Waals surface area contributed by atoms with Gasteiger partial charge >= 0.3 is 0 Å². The second-order valence-corrected chi connectivity index (χ2v) is 5.45. The Balaban J connectivity index is 1.95. The topological polar surface area (TPSA) is 64.4 Å². The van der Waals surface area contributed by atoms with Crippen molar-refractivity contribution >= 4 is 23.1 Å². The van der Waals surface area contributed by atoms with Crippen molar-refractivity contribution in [2.75, 3.05) is 13.2 Å². The summed E-state index contributed by atoms with van der Waals surface area (Å²) in [5.41, 5.74) is 6.54. The highest BCUT2D eigenvalue weighted by Gasteiger charge is 2.24. The van der Waals surface area contributed by atoms with E-state index in [0.29, 0.717) is 6.54 Å². The van der Waals surface area contributed by atoms with Crippen LogP contribution in [-0.4, -0.2) is 30.2 Å². The van der Waals surface area contributed by atoms with Crippen molar-refractivity contribution < 1.29 is 9.53 Å². The molecule has 1 heterocycles. The summed E-state index contributed by atoms with van der Waals surface area (Å²) in [4.78, 5) is 12.5. The van der Waals surface area contributed by atoms with Crippen LogP contribution in [0.1, 0.15) is 30.7 Å². The van der Waals surface area contributed by atoms with Crippen LogP contribution < -0.4 is 11.1 Å². The fraction of sp³-hybridized carbons (Fsp3) is 0.467. The average molecular weight is 292 g/mol. The summed E-state index contributed by atoms with van der Waals surface area (Å²) >= 11 is 5.03. The molecule has 2 atom stereocenters. The van der Waals surface area contributed by atoms with E-state index in [1.54, 1.807) is 0 Å². The van der Waals surface area contributed by atoms with Crippen LogP contribution in [0.5, 0.6) is 0 Å². The van der Waals surface area contributed by atoms with E-state index in [1.165, 1.54) is 0 Å². The first kappa shape index (κ1) is 14.9. The van der Waals surface area contributed by atoms with Gasteiger partial charge in [-0.05, 0) is 24.8 Å². The third kappa shape index (κ3) is 4.02. The summed E-state index contributed by atoms with van der Waals surface area (Å²) in [6, 6.07) is 9.37. The van der Waals surface area contributed by atoms with E-state index in [2.05, 4.69) is 5.32 Å². The molecule has 1 aliphatic heterocycles. The molecule has 5 heteroatoms. The maximum Gasteiger partial charge on any atom is 0.234 e. The fourth-order valence-corrected chi connectivity index (χ4v) is 2.62. The lowest BCUT2D eigenvalue weighted by atomic mass is 9.98. The zero-order chi connectivity index (χ0) is 14.4. The van der Waals surface area contributed by atoms with E-state index >= 15 is 0 Å². The van der Waals surface area contributed by atoms with Gasteiger partial charge in [0.2, 0.25) is 5.91 Å². The molecule has 1 aromatic rings. The predicted octanol–water partition coefficient (Wildman–Crippen LogP) is 1.74. The molecule has 4 nitrogen and oxygen atoms in total. The highest BCUT2D eigenvalue weighted by Crippen LogP contribution is 2.17. The lowest BCUT2D eigenvalue weighted by Crippen LogP contribution is -2.41. The number of ether oxygens (including phenoxy) is 1. The first-order chi connectivity index (χ1) is 9.68. The molecular weight excluding hydrogens is 272 g/mol. The number of hydrogen-bond acceptors (Lipinski definition) is 3. The first-order valence-electron chi connectivity index (χ1n) is 6.92. The smallest absolute Gasteiger partial charge is 0.234 e. The Labute approximate surface area is 124 Å². The average Bonchev–Trinajstić information content (AvgIpc) is 2.47. The molecule has 108 valence electrons. The molecule has 0 spiro atoms. The Kier molecular flexibility index (Phi) is 5.49. The van der Waals surface area contributed by atoms with Gasteiger partial charge < -0.3 is 15.8 Å². The molecule has 1 aromatic carbocycles. The maximum atomic E-state index is 12.3. The molecule has 0 saturated carbocycles. The van der Waals surface area contributed by atoms with Crippen molar-refractivity contribution in [3.63, 3.8) is 0 Å². The van der Waals surface area contributed by atoms with Gasteiger partial charge in [0.05, 0.1) is 11.1 Å². The number of carbonyl (C=O) groups excluding carboxylic acids is 1. The van der Waals surface area contributed by atoms with Gasteiger partial charge in [-0.1, -0.05) is 42.5 Å². The van der Waals surface area contributed by atoms with Gasteiger partial charge in [0.1, 0.15) is 5.92 Å². The fourth-order valence-electron chi connectivity index (χ4n) is 2.38. The standard InChI is InChI=1S/C15H20N2O2S/c16-14(20)13(11-6-2-1-3-7-11)15(18)17-10-12-8-4-5-9-19-12/h1-3,6-7,12-13H,4-5,8-10H2,(H2,16,20)(H,17,18). The molecule has 1 aliphatic rings. The third-order valence-electron chi connectivity index (χ3n) is 3.46. The Morgan fingerprint density at radius 3 is 2.75 bits per heavy atom. The van der Waals surface area contributed by atoms with E-state index in [0.717, 1.165) is 31.4 Å². The molecule has 0 bridgehead atoms. The zero-order valence-electron chi connectivity index (χ0n) is 11.4. The van der Waals surface area contributed by atoms with Crippen LogP contribution in [0.3, 0.4) is 0 Å². The normalized spacial score (nSPS) is 20.1. The molecule has 20 heavy (non-hydrogen) atoms. The number of benzene rings is 1. The second kappa shape index (κ2) is 7.36. The SMILES string of the molecule is NC(=S)C(C(=O)NCC1CCCCO1)c1ccccc1. The Morgan fingerprint density at radius 2 is 2.15 bits per heavy atom. The first-order valence-corrected chi connectivity index (χ1v) is 7.33. The number of carbonyl (C=O) groups is 1. The Morgan fingerprint density at radius 1 is 1.40 bits per heavy atom. The van der Waals surface area contributed by atoms with Crippen LogP contribution in [0.4, 0.5) is 0 Å². The quantitative estimate of drug-likeness (QED) is 0.811. The summed E-state index contributed by atoms with van der Waals surface area (Å²) in [7, 11) is 0. The van der Waals surface area contributed by atoms with Crippen LogP contribution in [0.15, 0.2) is 30.3 Å². The number of hydrogen-bond donors (Lipinski definition) is 2. The molecule has 2 rings (SSSR count). The number of amides is 1. The van der Waals surface area contributed by atoms with Gasteiger partial charge in [-0.15, -0.1) is 0 Å². The second-order valence-electron chi connectivity index (χ2n) is 4.98. The van der Waals surface area contributed by atoms with Gasteiger partial charge in [-0.25, -0.2) is 0 Å². The van der Waals surface area contributed by atoms with E-state index < -0.39 is 5.92 Å². The molecule has 0 aromatic heterocycles. The lowest BCUT2D eigenvalue weighted by molar-refractivity contribution is -0.122. The third-order valence-corrected chi connectivity index (χ3v) is 3.69. The summed E-state index contributed by atoms with van der Waals surface area (Å²) in [5.74, 6) is -0.729. The summed E-state index contributed by atoms with van der Waals surface area (Å²) in [6.45, 7) is 1.29. The number of nitrogens with one attached hydrogen (secondary N) is 1. The zero-order valence-corrected chi connectivity index (χ0v) is 12.2. The lowest BCUT2D eigenvalue weighted by Gasteiger charge is -2.24. The van der Waals surface area contributed by atoms with Gasteiger partial charge in [-0.2, -0.15) is 0 Å². The largest absolute Gasteiger partial charge is 0.392 e. The number of thiocarbonyl (C=S) groups is 1. The van der Waals surface area contributed by atoms with Crippen molar-refractivity contribution in [1.82, 2.24) is 5.32 Å². The minimum Gasteiger partial charge on any atom is -0.392 e. The summed E-state index contributed by atoms with van der Waals surface area (Å²) in [5, 5.41) is 2.90. The molecule has 0 aliphatic carbocycles. The van der Waals surface area contributed by atoms with E-state index in [4.69, 9.17) is 22.7 Å². The van der Waals surface area contributed by atoms with Crippen molar-refractivity contribution in [2.45, 2.75) is 31.3 Å². The molecule has 3 N–H and O–H groups in total. The van der Waals surface area contributed by atoms with Crippen molar-refractivity contribution in [3.8, 4) is 0 Å². The van der Waals surface area contributed by atoms with Crippen LogP contribution in [-0.2, 0) is 9.53 Å². The Bertz CT molecular complexity index is 458. The van der Waals surface area contributed by atoms with Crippen LogP contribution >= 0.6 is 12.2 Å². The minimum atomic E-state index is -0.574. The van der Waals surface area contributed by atoms with Crippen molar-refractivity contribution in [1.29, 1.82) is 0 Å². The minimum absolute atomic E-state index is 0.107. The van der Waals surface area contributed by atoms with E-state index in [1.807, 2.05) is 30.3 Å².